The topological polar surface area (TPSA) is 36.4 Å². The van der Waals surface area contributed by atoms with E-state index in [1.165, 1.54) is 6.42 Å². The van der Waals surface area contributed by atoms with Crippen molar-refractivity contribution in [3.05, 3.63) is 23.4 Å². The summed E-state index contributed by atoms with van der Waals surface area (Å²) in [5.41, 5.74) is -0.435. The number of hydrogen-bond acceptors (Lipinski definition) is 3. The van der Waals surface area contributed by atoms with Gasteiger partial charge >= 0.3 is 0 Å². The first-order valence-corrected chi connectivity index (χ1v) is 7.15. The molecule has 4 heteroatoms. The number of halogens is 1. The van der Waals surface area contributed by atoms with Gasteiger partial charge < -0.3 is 10.0 Å². The van der Waals surface area contributed by atoms with E-state index < -0.39 is 5.60 Å². The van der Waals surface area contributed by atoms with Crippen LogP contribution in [0, 0.1) is 5.92 Å². The monoisotopic (exact) mass is 266 g/mol. The predicted molar refractivity (Wildman–Crippen MR) is 73.0 cm³/mol. The van der Waals surface area contributed by atoms with Gasteiger partial charge in [-0.05, 0) is 31.4 Å². The highest BCUT2D eigenvalue weighted by atomic mass is 35.5. The van der Waals surface area contributed by atoms with Crippen molar-refractivity contribution in [2.24, 2.45) is 5.92 Å². The Labute approximate surface area is 113 Å². The number of aromatic nitrogens is 1. The number of piperidine rings is 1. The lowest BCUT2D eigenvalue weighted by atomic mass is 9.71. The number of anilines is 1. The lowest BCUT2D eigenvalue weighted by molar-refractivity contribution is -0.0613. The fraction of sp³-hybridized carbons (Fsp3) is 0.643. The van der Waals surface area contributed by atoms with E-state index in [1.807, 2.05) is 12.1 Å². The van der Waals surface area contributed by atoms with Gasteiger partial charge in [0.1, 0.15) is 5.82 Å². The summed E-state index contributed by atoms with van der Waals surface area (Å²) in [4.78, 5) is 6.60. The van der Waals surface area contributed by atoms with Gasteiger partial charge in [0, 0.05) is 25.2 Å². The first kappa shape index (κ1) is 12.2. The van der Waals surface area contributed by atoms with Crippen molar-refractivity contribution in [1.82, 2.24) is 4.98 Å². The van der Waals surface area contributed by atoms with E-state index in [9.17, 15) is 5.11 Å². The van der Waals surface area contributed by atoms with E-state index >= 15 is 0 Å². The molecule has 1 aromatic rings. The lowest BCUT2D eigenvalue weighted by Gasteiger charge is -2.47. The minimum atomic E-state index is -0.435. The van der Waals surface area contributed by atoms with Crippen LogP contribution in [0.15, 0.2) is 18.3 Å². The van der Waals surface area contributed by atoms with Gasteiger partial charge in [-0.3, -0.25) is 0 Å². The second-order valence-corrected chi connectivity index (χ2v) is 5.96. The third-order valence-corrected chi connectivity index (χ3v) is 4.76. The fourth-order valence-corrected chi connectivity index (χ4v) is 3.61. The van der Waals surface area contributed by atoms with Gasteiger partial charge in [0.15, 0.2) is 0 Å². The smallest absolute Gasteiger partial charge is 0.147 e. The van der Waals surface area contributed by atoms with Gasteiger partial charge in [0.2, 0.25) is 0 Å². The van der Waals surface area contributed by atoms with Crippen molar-refractivity contribution >= 4 is 17.4 Å². The van der Waals surface area contributed by atoms with E-state index in [0.717, 1.165) is 44.6 Å². The molecule has 2 unspecified atom stereocenters. The number of nitrogens with zero attached hydrogens (tertiary/aromatic N) is 2. The van der Waals surface area contributed by atoms with Gasteiger partial charge in [0.05, 0.1) is 10.6 Å². The van der Waals surface area contributed by atoms with Crippen LogP contribution in [0.5, 0.6) is 0 Å². The van der Waals surface area contributed by atoms with Crippen LogP contribution in [0.3, 0.4) is 0 Å². The Bertz CT molecular complexity index is 440. The quantitative estimate of drug-likeness (QED) is 0.849. The summed E-state index contributed by atoms with van der Waals surface area (Å²) in [6.07, 6.45) is 7.10. The largest absolute Gasteiger partial charge is 0.389 e. The van der Waals surface area contributed by atoms with E-state index in [4.69, 9.17) is 11.6 Å². The van der Waals surface area contributed by atoms with Gasteiger partial charge in [-0.1, -0.05) is 24.4 Å². The number of hydrogen-bond donors (Lipinski definition) is 1. The molecular weight excluding hydrogens is 248 g/mol. The SMILES string of the molecule is OC12CCCCC1CN(c1ncccc1Cl)CC2. The summed E-state index contributed by atoms with van der Waals surface area (Å²) >= 11 is 6.20. The molecule has 3 rings (SSSR count). The molecule has 2 fully saturated rings. The molecule has 0 amide bonds. The number of aliphatic hydroxyl groups is 1. The molecule has 2 heterocycles. The molecule has 1 aromatic heterocycles. The third-order valence-electron chi connectivity index (χ3n) is 4.47. The van der Waals surface area contributed by atoms with Gasteiger partial charge in [-0.15, -0.1) is 0 Å². The maximum absolute atomic E-state index is 10.6. The van der Waals surface area contributed by atoms with Crippen molar-refractivity contribution in [2.75, 3.05) is 18.0 Å². The first-order chi connectivity index (χ1) is 8.69. The zero-order valence-corrected chi connectivity index (χ0v) is 11.2. The molecule has 1 N–H and O–H groups in total. The third kappa shape index (κ3) is 2.10. The number of rotatable bonds is 1. The Morgan fingerprint density at radius 3 is 3.11 bits per heavy atom. The van der Waals surface area contributed by atoms with Crippen LogP contribution in [0.25, 0.3) is 0 Å². The molecule has 0 bridgehead atoms. The fourth-order valence-electron chi connectivity index (χ4n) is 3.37. The standard InChI is InChI=1S/C14H19ClN2O/c15-12-5-3-8-16-13(12)17-9-7-14(18)6-2-1-4-11(14)10-17/h3,5,8,11,18H,1-2,4,6-7,9-10H2. The zero-order valence-electron chi connectivity index (χ0n) is 10.5. The second-order valence-electron chi connectivity index (χ2n) is 5.55. The lowest BCUT2D eigenvalue weighted by Crippen LogP contribution is -2.53. The van der Waals surface area contributed by atoms with Crippen molar-refractivity contribution in [3.63, 3.8) is 0 Å². The molecule has 1 saturated carbocycles. The first-order valence-electron chi connectivity index (χ1n) is 6.77. The maximum Gasteiger partial charge on any atom is 0.147 e. The Balaban J connectivity index is 1.80. The molecule has 1 saturated heterocycles. The number of pyridine rings is 1. The van der Waals surface area contributed by atoms with Crippen molar-refractivity contribution < 1.29 is 5.11 Å². The molecule has 0 radical (unpaired) electrons. The summed E-state index contributed by atoms with van der Waals surface area (Å²) in [5, 5.41) is 11.4. The Morgan fingerprint density at radius 2 is 2.28 bits per heavy atom. The highest BCUT2D eigenvalue weighted by Gasteiger charge is 2.43. The van der Waals surface area contributed by atoms with Crippen LogP contribution in [0.4, 0.5) is 5.82 Å². The summed E-state index contributed by atoms with van der Waals surface area (Å²) in [6.45, 7) is 1.73. The molecule has 2 aliphatic rings. The van der Waals surface area contributed by atoms with E-state index in [2.05, 4.69) is 9.88 Å². The average molecular weight is 267 g/mol. The predicted octanol–water partition coefficient (Wildman–Crippen LogP) is 2.87. The summed E-state index contributed by atoms with van der Waals surface area (Å²) < 4.78 is 0. The normalized spacial score (nSPS) is 32.1. The highest BCUT2D eigenvalue weighted by Crippen LogP contribution is 2.41. The van der Waals surface area contributed by atoms with E-state index in [0.29, 0.717) is 10.9 Å². The Morgan fingerprint density at radius 1 is 1.39 bits per heavy atom. The van der Waals surface area contributed by atoms with Crippen LogP contribution in [-0.4, -0.2) is 28.8 Å². The molecule has 1 aliphatic heterocycles. The van der Waals surface area contributed by atoms with Crippen LogP contribution in [0.1, 0.15) is 32.1 Å². The maximum atomic E-state index is 10.6. The summed E-state index contributed by atoms with van der Waals surface area (Å²) in [7, 11) is 0. The van der Waals surface area contributed by atoms with Crippen LogP contribution in [-0.2, 0) is 0 Å². The molecule has 2 atom stereocenters. The highest BCUT2D eigenvalue weighted by molar-refractivity contribution is 6.32. The Hall–Kier alpha value is -0.800. The van der Waals surface area contributed by atoms with Crippen LogP contribution < -0.4 is 4.90 Å². The molecule has 0 spiro atoms. The molecule has 18 heavy (non-hydrogen) atoms. The van der Waals surface area contributed by atoms with Crippen molar-refractivity contribution in [1.29, 1.82) is 0 Å². The van der Waals surface area contributed by atoms with Gasteiger partial charge in [-0.2, -0.15) is 0 Å². The molecule has 98 valence electrons. The zero-order chi connectivity index (χ0) is 12.6. The van der Waals surface area contributed by atoms with Gasteiger partial charge in [0.25, 0.3) is 0 Å². The summed E-state index contributed by atoms with van der Waals surface area (Å²) in [5.74, 6) is 1.24. The molecular formula is C14H19ClN2O. The average Bonchev–Trinajstić information content (AvgIpc) is 2.38. The Kier molecular flexibility index (Phi) is 3.20. The van der Waals surface area contributed by atoms with Crippen molar-refractivity contribution in [2.45, 2.75) is 37.7 Å². The minimum Gasteiger partial charge on any atom is -0.389 e. The number of fused-ring (bicyclic) bond motifs is 1. The van der Waals surface area contributed by atoms with Gasteiger partial charge in [-0.25, -0.2) is 4.98 Å². The molecule has 1 aliphatic carbocycles. The second kappa shape index (κ2) is 4.71. The van der Waals surface area contributed by atoms with Crippen molar-refractivity contribution in [3.8, 4) is 0 Å². The molecule has 3 nitrogen and oxygen atoms in total. The van der Waals surface area contributed by atoms with E-state index in [1.54, 1.807) is 6.20 Å². The molecule has 0 aromatic carbocycles. The van der Waals surface area contributed by atoms with E-state index in [-0.39, 0.29) is 0 Å². The van der Waals surface area contributed by atoms with Crippen LogP contribution in [0.2, 0.25) is 5.02 Å². The minimum absolute atomic E-state index is 0.373. The summed E-state index contributed by atoms with van der Waals surface area (Å²) in [6, 6.07) is 3.73. The van der Waals surface area contributed by atoms with Crippen LogP contribution >= 0.6 is 11.6 Å².